The number of aromatic nitrogens is 1. The van der Waals surface area contributed by atoms with E-state index in [1.165, 1.54) is 12.8 Å². The Kier molecular flexibility index (Phi) is 5.15. The van der Waals surface area contributed by atoms with E-state index < -0.39 is 0 Å². The standard InChI is InChI=1S/C14H21N3O/c18-14(7-6-12-4-3-9-15-10-12)17-13-5-1-2-8-16-11-13/h3-4,9-10,13,16H,1-2,5-8,11H2,(H,17,18). The van der Waals surface area contributed by atoms with Gasteiger partial charge in [0.15, 0.2) is 0 Å². The van der Waals surface area contributed by atoms with Gasteiger partial charge in [0.25, 0.3) is 0 Å². The lowest BCUT2D eigenvalue weighted by atomic mass is 10.1. The van der Waals surface area contributed by atoms with Crippen LogP contribution in [0.1, 0.15) is 31.2 Å². The summed E-state index contributed by atoms with van der Waals surface area (Å²) in [5.41, 5.74) is 1.12. The molecule has 1 aromatic heterocycles. The Balaban J connectivity index is 1.71. The zero-order chi connectivity index (χ0) is 12.6. The van der Waals surface area contributed by atoms with Gasteiger partial charge in [0, 0.05) is 31.4 Å². The zero-order valence-corrected chi connectivity index (χ0v) is 10.7. The predicted molar refractivity (Wildman–Crippen MR) is 71.2 cm³/mol. The fourth-order valence-electron chi connectivity index (χ4n) is 2.25. The van der Waals surface area contributed by atoms with Crippen LogP contribution in [0.4, 0.5) is 0 Å². The van der Waals surface area contributed by atoms with E-state index in [0.717, 1.165) is 31.5 Å². The molecule has 1 atom stereocenters. The molecule has 1 aliphatic heterocycles. The molecule has 98 valence electrons. The summed E-state index contributed by atoms with van der Waals surface area (Å²) in [6.07, 6.45) is 8.37. The minimum Gasteiger partial charge on any atom is -0.352 e. The van der Waals surface area contributed by atoms with E-state index in [2.05, 4.69) is 15.6 Å². The van der Waals surface area contributed by atoms with E-state index in [0.29, 0.717) is 12.5 Å². The fourth-order valence-corrected chi connectivity index (χ4v) is 2.25. The molecule has 1 aromatic rings. The number of hydrogen-bond donors (Lipinski definition) is 2. The van der Waals surface area contributed by atoms with Gasteiger partial charge >= 0.3 is 0 Å². The van der Waals surface area contributed by atoms with Crippen LogP contribution in [0.25, 0.3) is 0 Å². The predicted octanol–water partition coefficient (Wildman–Crippen LogP) is 1.27. The van der Waals surface area contributed by atoms with E-state index in [9.17, 15) is 4.79 Å². The molecule has 4 nitrogen and oxygen atoms in total. The SMILES string of the molecule is O=C(CCc1cccnc1)NC1CCCCNC1. The second-order valence-electron chi connectivity index (χ2n) is 4.83. The molecule has 4 heteroatoms. The number of rotatable bonds is 4. The van der Waals surface area contributed by atoms with Crippen LogP contribution in [0.3, 0.4) is 0 Å². The van der Waals surface area contributed by atoms with Gasteiger partial charge in [-0.05, 0) is 37.4 Å². The first-order valence-corrected chi connectivity index (χ1v) is 6.73. The summed E-state index contributed by atoms with van der Waals surface area (Å²) in [4.78, 5) is 15.9. The highest BCUT2D eigenvalue weighted by Crippen LogP contribution is 2.05. The molecule has 2 N–H and O–H groups in total. The molecular weight excluding hydrogens is 226 g/mol. The molecule has 0 aliphatic carbocycles. The minimum atomic E-state index is 0.146. The van der Waals surface area contributed by atoms with Gasteiger partial charge < -0.3 is 10.6 Å². The maximum Gasteiger partial charge on any atom is 0.220 e. The first kappa shape index (κ1) is 13.0. The summed E-state index contributed by atoms with van der Waals surface area (Å²) in [5, 5.41) is 6.46. The summed E-state index contributed by atoms with van der Waals surface area (Å²) in [5.74, 6) is 0.146. The molecule has 0 aromatic carbocycles. The van der Waals surface area contributed by atoms with Crippen molar-refractivity contribution >= 4 is 5.91 Å². The highest BCUT2D eigenvalue weighted by atomic mass is 16.1. The van der Waals surface area contributed by atoms with Crippen LogP contribution in [0, 0.1) is 0 Å². The molecule has 1 saturated heterocycles. The van der Waals surface area contributed by atoms with E-state index >= 15 is 0 Å². The summed E-state index contributed by atoms with van der Waals surface area (Å²) in [6.45, 7) is 1.97. The first-order valence-electron chi connectivity index (χ1n) is 6.73. The first-order chi connectivity index (χ1) is 8.84. The maximum atomic E-state index is 11.8. The Morgan fingerprint density at radius 2 is 2.44 bits per heavy atom. The van der Waals surface area contributed by atoms with Crippen molar-refractivity contribution in [2.24, 2.45) is 0 Å². The Bertz CT molecular complexity index is 359. The van der Waals surface area contributed by atoms with Crippen LogP contribution >= 0.6 is 0 Å². The smallest absolute Gasteiger partial charge is 0.220 e. The molecule has 2 rings (SSSR count). The molecule has 1 amide bonds. The Hall–Kier alpha value is -1.42. The zero-order valence-electron chi connectivity index (χ0n) is 10.7. The molecule has 1 aliphatic rings. The van der Waals surface area contributed by atoms with Crippen molar-refractivity contribution in [3.05, 3.63) is 30.1 Å². The Morgan fingerprint density at radius 3 is 3.28 bits per heavy atom. The van der Waals surface area contributed by atoms with Crippen LogP contribution in [0.5, 0.6) is 0 Å². The fraction of sp³-hybridized carbons (Fsp3) is 0.571. The van der Waals surface area contributed by atoms with Crippen molar-refractivity contribution < 1.29 is 4.79 Å². The molecule has 1 unspecified atom stereocenters. The van der Waals surface area contributed by atoms with Crippen molar-refractivity contribution in [3.8, 4) is 0 Å². The van der Waals surface area contributed by atoms with E-state index in [1.807, 2.05) is 18.3 Å². The van der Waals surface area contributed by atoms with Crippen LogP contribution in [-0.4, -0.2) is 30.0 Å². The average molecular weight is 247 g/mol. The van der Waals surface area contributed by atoms with Crippen molar-refractivity contribution in [3.63, 3.8) is 0 Å². The van der Waals surface area contributed by atoms with Crippen LogP contribution in [-0.2, 0) is 11.2 Å². The molecule has 18 heavy (non-hydrogen) atoms. The number of hydrogen-bond acceptors (Lipinski definition) is 3. The van der Waals surface area contributed by atoms with Gasteiger partial charge in [-0.1, -0.05) is 12.5 Å². The number of nitrogens with one attached hydrogen (secondary N) is 2. The van der Waals surface area contributed by atoms with Crippen LogP contribution < -0.4 is 10.6 Å². The molecule has 0 bridgehead atoms. The van der Waals surface area contributed by atoms with Gasteiger partial charge in [0.2, 0.25) is 5.91 Å². The summed E-state index contributed by atoms with van der Waals surface area (Å²) < 4.78 is 0. The van der Waals surface area contributed by atoms with E-state index in [1.54, 1.807) is 6.20 Å². The van der Waals surface area contributed by atoms with Gasteiger partial charge in [0.05, 0.1) is 0 Å². The number of amides is 1. The number of nitrogens with zero attached hydrogens (tertiary/aromatic N) is 1. The quantitative estimate of drug-likeness (QED) is 0.842. The lowest BCUT2D eigenvalue weighted by Crippen LogP contribution is -2.40. The number of pyridine rings is 1. The molecule has 0 spiro atoms. The van der Waals surface area contributed by atoms with Crippen molar-refractivity contribution in [2.45, 2.75) is 38.1 Å². The van der Waals surface area contributed by atoms with E-state index in [4.69, 9.17) is 0 Å². The molecule has 1 fully saturated rings. The monoisotopic (exact) mass is 247 g/mol. The van der Waals surface area contributed by atoms with Crippen LogP contribution in [0.2, 0.25) is 0 Å². The topological polar surface area (TPSA) is 54.0 Å². The molecule has 0 radical (unpaired) electrons. The lowest BCUT2D eigenvalue weighted by molar-refractivity contribution is -0.121. The van der Waals surface area contributed by atoms with Gasteiger partial charge in [-0.2, -0.15) is 0 Å². The number of carbonyl (C=O) groups is 1. The van der Waals surface area contributed by atoms with Crippen LogP contribution in [0.15, 0.2) is 24.5 Å². The second-order valence-corrected chi connectivity index (χ2v) is 4.83. The van der Waals surface area contributed by atoms with Crippen molar-refractivity contribution in [2.75, 3.05) is 13.1 Å². The van der Waals surface area contributed by atoms with Gasteiger partial charge in [0.1, 0.15) is 0 Å². The highest BCUT2D eigenvalue weighted by Gasteiger charge is 2.13. The highest BCUT2D eigenvalue weighted by molar-refractivity contribution is 5.76. The Labute approximate surface area is 108 Å². The Morgan fingerprint density at radius 1 is 1.50 bits per heavy atom. The van der Waals surface area contributed by atoms with Crippen molar-refractivity contribution in [1.29, 1.82) is 0 Å². The third-order valence-electron chi connectivity index (χ3n) is 3.28. The largest absolute Gasteiger partial charge is 0.352 e. The molecule has 2 heterocycles. The maximum absolute atomic E-state index is 11.8. The number of carbonyl (C=O) groups excluding carboxylic acids is 1. The van der Waals surface area contributed by atoms with Gasteiger partial charge in [-0.3, -0.25) is 9.78 Å². The minimum absolute atomic E-state index is 0.146. The van der Waals surface area contributed by atoms with E-state index in [-0.39, 0.29) is 5.91 Å². The number of aryl methyl sites for hydroxylation is 1. The third-order valence-corrected chi connectivity index (χ3v) is 3.28. The normalized spacial score (nSPS) is 20.1. The summed E-state index contributed by atoms with van der Waals surface area (Å²) in [7, 11) is 0. The molecular formula is C14H21N3O. The molecule has 0 saturated carbocycles. The van der Waals surface area contributed by atoms with Crippen molar-refractivity contribution in [1.82, 2.24) is 15.6 Å². The average Bonchev–Trinajstić information content (AvgIpc) is 2.66. The van der Waals surface area contributed by atoms with Gasteiger partial charge in [-0.25, -0.2) is 0 Å². The summed E-state index contributed by atoms with van der Waals surface area (Å²) in [6, 6.07) is 4.21. The lowest BCUT2D eigenvalue weighted by Gasteiger charge is -2.16. The summed E-state index contributed by atoms with van der Waals surface area (Å²) >= 11 is 0. The third kappa shape index (κ3) is 4.45. The van der Waals surface area contributed by atoms with Gasteiger partial charge in [-0.15, -0.1) is 0 Å². The second kappa shape index (κ2) is 7.11.